The van der Waals surface area contributed by atoms with Crippen molar-refractivity contribution in [2.24, 2.45) is 0 Å². The van der Waals surface area contributed by atoms with E-state index in [4.69, 9.17) is 27.9 Å². The van der Waals surface area contributed by atoms with Crippen molar-refractivity contribution in [1.82, 2.24) is 4.98 Å². The molecule has 1 aromatic heterocycles. The van der Waals surface area contributed by atoms with Gasteiger partial charge < -0.3 is 4.74 Å². The summed E-state index contributed by atoms with van der Waals surface area (Å²) < 4.78 is 4.77. The van der Waals surface area contributed by atoms with Crippen LogP contribution in [0.4, 0.5) is 0 Å². The molecule has 0 radical (unpaired) electrons. The van der Waals surface area contributed by atoms with Gasteiger partial charge in [0.25, 0.3) is 0 Å². The van der Waals surface area contributed by atoms with Gasteiger partial charge in [-0.2, -0.15) is 0 Å². The lowest BCUT2D eigenvalue weighted by Gasteiger charge is -1.98. The Morgan fingerprint density at radius 2 is 2.31 bits per heavy atom. The second-order valence-corrected chi connectivity index (χ2v) is 3.72. The summed E-state index contributed by atoms with van der Waals surface area (Å²) in [5, 5.41) is 0.657. The number of esters is 1. The fourth-order valence-corrected chi connectivity index (χ4v) is 1.32. The predicted octanol–water partition coefficient (Wildman–Crippen LogP) is 3.35. The molecule has 16 heavy (non-hydrogen) atoms. The highest BCUT2D eigenvalue weighted by molar-refractivity contribution is 6.41. The van der Waals surface area contributed by atoms with E-state index in [0.717, 1.165) is 5.56 Å². The SMILES string of the molecule is CCOC(=O)CC=Cc1cnc(Cl)c(Cl)c1. The summed E-state index contributed by atoms with van der Waals surface area (Å²) >= 11 is 11.5. The summed E-state index contributed by atoms with van der Waals surface area (Å²) in [5.74, 6) is -0.258. The van der Waals surface area contributed by atoms with Crippen LogP contribution in [0.1, 0.15) is 18.9 Å². The Hall–Kier alpha value is -1.06. The number of nitrogens with zero attached hydrogens (tertiary/aromatic N) is 1. The summed E-state index contributed by atoms with van der Waals surface area (Å²) in [6, 6.07) is 1.68. The molecule has 0 amide bonds. The van der Waals surface area contributed by atoms with E-state index in [9.17, 15) is 4.79 Å². The highest BCUT2D eigenvalue weighted by Crippen LogP contribution is 2.20. The Bertz CT molecular complexity index is 405. The Balaban J connectivity index is 2.56. The standard InChI is InChI=1S/C11H11Cl2NO2/c1-2-16-10(15)5-3-4-8-6-9(12)11(13)14-7-8/h3-4,6-7H,2,5H2,1H3. The van der Waals surface area contributed by atoms with Gasteiger partial charge in [0.05, 0.1) is 18.1 Å². The fraction of sp³-hybridized carbons (Fsp3) is 0.273. The average molecular weight is 260 g/mol. The largest absolute Gasteiger partial charge is 0.466 e. The molecule has 0 bridgehead atoms. The third-order valence-electron chi connectivity index (χ3n) is 1.72. The minimum atomic E-state index is -0.258. The summed E-state index contributed by atoms with van der Waals surface area (Å²) in [6.45, 7) is 2.16. The number of carbonyl (C=O) groups excluding carboxylic acids is 1. The van der Waals surface area contributed by atoms with Gasteiger partial charge in [0.2, 0.25) is 0 Å². The minimum Gasteiger partial charge on any atom is -0.466 e. The zero-order valence-corrected chi connectivity index (χ0v) is 10.3. The van der Waals surface area contributed by atoms with E-state index in [1.807, 2.05) is 0 Å². The van der Waals surface area contributed by atoms with Crippen molar-refractivity contribution in [3.8, 4) is 0 Å². The maximum Gasteiger partial charge on any atom is 0.309 e. The van der Waals surface area contributed by atoms with Crippen LogP contribution in [0.3, 0.4) is 0 Å². The van der Waals surface area contributed by atoms with Crippen LogP contribution in [-0.2, 0) is 9.53 Å². The van der Waals surface area contributed by atoms with Crippen molar-refractivity contribution < 1.29 is 9.53 Å². The lowest BCUT2D eigenvalue weighted by Crippen LogP contribution is -2.01. The van der Waals surface area contributed by atoms with Gasteiger partial charge in [-0.25, -0.2) is 4.98 Å². The molecule has 0 saturated heterocycles. The van der Waals surface area contributed by atoms with Crippen molar-refractivity contribution in [3.63, 3.8) is 0 Å². The topological polar surface area (TPSA) is 39.2 Å². The first kappa shape index (κ1) is 13.0. The molecule has 0 spiro atoms. The molecular formula is C11H11Cl2NO2. The molecule has 1 heterocycles. The van der Waals surface area contributed by atoms with Crippen molar-refractivity contribution in [3.05, 3.63) is 34.1 Å². The smallest absolute Gasteiger partial charge is 0.309 e. The van der Waals surface area contributed by atoms with Crippen LogP contribution < -0.4 is 0 Å². The monoisotopic (exact) mass is 259 g/mol. The molecule has 0 fully saturated rings. The normalized spacial score (nSPS) is 10.7. The van der Waals surface area contributed by atoms with Crippen LogP contribution in [0.15, 0.2) is 18.3 Å². The van der Waals surface area contributed by atoms with Crippen molar-refractivity contribution in [2.45, 2.75) is 13.3 Å². The van der Waals surface area contributed by atoms with Crippen LogP contribution in [-0.4, -0.2) is 17.6 Å². The Morgan fingerprint density at radius 1 is 1.56 bits per heavy atom. The molecule has 0 aliphatic rings. The summed E-state index contributed by atoms with van der Waals surface area (Å²) in [4.78, 5) is 14.9. The van der Waals surface area contributed by atoms with Gasteiger partial charge in [0.1, 0.15) is 5.15 Å². The number of hydrogen-bond donors (Lipinski definition) is 0. The molecule has 0 aliphatic carbocycles. The molecule has 0 aromatic carbocycles. The zero-order chi connectivity index (χ0) is 12.0. The van der Waals surface area contributed by atoms with Gasteiger partial charge in [-0.1, -0.05) is 35.4 Å². The predicted molar refractivity (Wildman–Crippen MR) is 64.5 cm³/mol. The molecule has 1 aromatic rings. The van der Waals surface area contributed by atoms with Crippen LogP contribution in [0.5, 0.6) is 0 Å². The maximum atomic E-state index is 11.0. The third kappa shape index (κ3) is 4.21. The van der Waals surface area contributed by atoms with Gasteiger partial charge in [0, 0.05) is 6.20 Å². The fourth-order valence-electron chi connectivity index (χ4n) is 1.04. The summed E-state index contributed by atoms with van der Waals surface area (Å²) in [7, 11) is 0. The van der Waals surface area contributed by atoms with Crippen molar-refractivity contribution >= 4 is 35.2 Å². The first-order chi connectivity index (χ1) is 7.63. The molecule has 0 aliphatic heterocycles. The van der Waals surface area contributed by atoms with Gasteiger partial charge >= 0.3 is 5.97 Å². The minimum absolute atomic E-state index is 0.230. The number of rotatable bonds is 4. The summed E-state index contributed by atoms with van der Waals surface area (Å²) in [6.07, 6.45) is 5.25. The zero-order valence-electron chi connectivity index (χ0n) is 8.74. The van der Waals surface area contributed by atoms with E-state index < -0.39 is 0 Å². The van der Waals surface area contributed by atoms with E-state index in [2.05, 4.69) is 4.98 Å². The van der Waals surface area contributed by atoms with Gasteiger partial charge in [0.15, 0.2) is 0 Å². The number of halogens is 2. The lowest BCUT2D eigenvalue weighted by atomic mass is 10.2. The lowest BCUT2D eigenvalue weighted by molar-refractivity contribution is -0.142. The third-order valence-corrected chi connectivity index (χ3v) is 2.40. The summed E-state index contributed by atoms with van der Waals surface area (Å²) in [5.41, 5.74) is 0.790. The van der Waals surface area contributed by atoms with E-state index >= 15 is 0 Å². The maximum absolute atomic E-state index is 11.0. The first-order valence-electron chi connectivity index (χ1n) is 4.76. The first-order valence-corrected chi connectivity index (χ1v) is 5.52. The van der Waals surface area contributed by atoms with Crippen LogP contribution in [0.2, 0.25) is 10.2 Å². The molecule has 0 N–H and O–H groups in total. The number of aromatic nitrogens is 1. The number of hydrogen-bond acceptors (Lipinski definition) is 3. The van der Waals surface area contributed by atoms with Crippen LogP contribution in [0.25, 0.3) is 6.08 Å². The van der Waals surface area contributed by atoms with Gasteiger partial charge in [-0.3, -0.25) is 4.79 Å². The van der Waals surface area contributed by atoms with E-state index in [1.165, 1.54) is 0 Å². The average Bonchev–Trinajstić information content (AvgIpc) is 2.24. The van der Waals surface area contributed by atoms with E-state index in [0.29, 0.717) is 11.6 Å². The molecule has 86 valence electrons. The molecular weight excluding hydrogens is 249 g/mol. The van der Waals surface area contributed by atoms with Gasteiger partial charge in [-0.15, -0.1) is 0 Å². The quantitative estimate of drug-likeness (QED) is 0.615. The van der Waals surface area contributed by atoms with E-state index in [-0.39, 0.29) is 17.5 Å². The van der Waals surface area contributed by atoms with Crippen LogP contribution in [0, 0.1) is 0 Å². The van der Waals surface area contributed by atoms with Crippen LogP contribution >= 0.6 is 23.2 Å². The second kappa shape index (κ2) is 6.51. The molecule has 1 rings (SSSR count). The molecule has 0 unspecified atom stereocenters. The number of carbonyl (C=O) groups is 1. The highest BCUT2D eigenvalue weighted by atomic mass is 35.5. The van der Waals surface area contributed by atoms with Crippen molar-refractivity contribution in [1.29, 1.82) is 0 Å². The molecule has 3 nitrogen and oxygen atoms in total. The molecule has 0 saturated carbocycles. The van der Waals surface area contributed by atoms with E-state index in [1.54, 1.807) is 31.3 Å². The number of pyridine rings is 1. The Labute approximate surface area is 104 Å². The van der Waals surface area contributed by atoms with Crippen molar-refractivity contribution in [2.75, 3.05) is 6.61 Å². The Kier molecular flexibility index (Phi) is 5.29. The second-order valence-electron chi connectivity index (χ2n) is 2.95. The molecule has 0 atom stereocenters. The highest BCUT2D eigenvalue weighted by Gasteiger charge is 1.99. The van der Waals surface area contributed by atoms with Gasteiger partial charge in [-0.05, 0) is 18.6 Å². The number of ether oxygens (including phenoxy) is 1. The molecule has 5 heteroatoms. The Morgan fingerprint density at radius 3 is 2.94 bits per heavy atom.